The quantitative estimate of drug-likeness (QED) is 0.837. The van der Waals surface area contributed by atoms with Crippen LogP contribution < -0.4 is 5.73 Å². The van der Waals surface area contributed by atoms with Gasteiger partial charge in [-0.3, -0.25) is 0 Å². The van der Waals surface area contributed by atoms with Gasteiger partial charge in [0, 0.05) is 17.7 Å². The highest BCUT2D eigenvalue weighted by Crippen LogP contribution is 2.24. The van der Waals surface area contributed by atoms with E-state index in [4.69, 9.17) is 22.1 Å². The molecule has 0 aliphatic carbocycles. The molecular weight excluding hydrogens is 365 g/mol. The molecule has 18 heavy (non-hydrogen) atoms. The Labute approximate surface area is 124 Å². The molecule has 1 heterocycles. The first kappa shape index (κ1) is 13.5. The molecule has 2 rings (SSSR count). The minimum Gasteiger partial charge on any atom is -0.383 e. The van der Waals surface area contributed by atoms with Gasteiger partial charge in [-0.05, 0) is 34.7 Å². The van der Waals surface area contributed by atoms with Gasteiger partial charge in [-0.2, -0.15) is 0 Å². The molecule has 0 amide bonds. The first-order valence-electron chi connectivity index (χ1n) is 5.18. The van der Waals surface area contributed by atoms with E-state index >= 15 is 0 Å². The zero-order valence-corrected chi connectivity index (χ0v) is 12.6. The SMILES string of the molecule is COCc1nc(-c2cccc(Cl)c2)nc(N)c1I. The van der Waals surface area contributed by atoms with Crippen LogP contribution in [-0.4, -0.2) is 17.1 Å². The van der Waals surface area contributed by atoms with Gasteiger partial charge in [0.2, 0.25) is 0 Å². The van der Waals surface area contributed by atoms with Crippen LogP contribution in [0, 0.1) is 3.57 Å². The van der Waals surface area contributed by atoms with Crippen molar-refractivity contribution in [2.24, 2.45) is 0 Å². The van der Waals surface area contributed by atoms with Gasteiger partial charge in [-0.15, -0.1) is 0 Å². The van der Waals surface area contributed by atoms with Crippen molar-refractivity contribution in [3.8, 4) is 11.4 Å². The van der Waals surface area contributed by atoms with Crippen molar-refractivity contribution in [2.45, 2.75) is 6.61 Å². The molecule has 1 aromatic heterocycles. The first-order chi connectivity index (χ1) is 8.61. The van der Waals surface area contributed by atoms with Crippen LogP contribution in [0.3, 0.4) is 0 Å². The molecule has 0 bridgehead atoms. The summed E-state index contributed by atoms with van der Waals surface area (Å²) in [6.45, 7) is 0.401. The standard InChI is InChI=1S/C12H11ClIN3O/c1-18-6-9-10(14)11(15)17-12(16-9)7-3-2-4-8(13)5-7/h2-5H,6H2,1H3,(H2,15,16,17). The monoisotopic (exact) mass is 375 g/mol. The smallest absolute Gasteiger partial charge is 0.161 e. The molecule has 2 aromatic rings. The maximum atomic E-state index is 5.95. The summed E-state index contributed by atoms with van der Waals surface area (Å²) in [7, 11) is 1.62. The van der Waals surface area contributed by atoms with Gasteiger partial charge in [0.1, 0.15) is 5.82 Å². The van der Waals surface area contributed by atoms with E-state index < -0.39 is 0 Å². The van der Waals surface area contributed by atoms with E-state index in [9.17, 15) is 0 Å². The maximum Gasteiger partial charge on any atom is 0.161 e. The van der Waals surface area contributed by atoms with Crippen LogP contribution in [0.15, 0.2) is 24.3 Å². The van der Waals surface area contributed by atoms with Crippen LogP contribution in [0.4, 0.5) is 5.82 Å². The number of methoxy groups -OCH3 is 1. The summed E-state index contributed by atoms with van der Waals surface area (Å²) in [6, 6.07) is 7.35. The Morgan fingerprint density at radius 1 is 1.39 bits per heavy atom. The highest BCUT2D eigenvalue weighted by molar-refractivity contribution is 14.1. The van der Waals surface area contributed by atoms with Crippen molar-refractivity contribution < 1.29 is 4.74 Å². The molecule has 0 aliphatic rings. The summed E-state index contributed by atoms with van der Waals surface area (Å²) in [5.41, 5.74) is 7.49. The zero-order valence-electron chi connectivity index (χ0n) is 9.65. The van der Waals surface area contributed by atoms with Crippen molar-refractivity contribution in [3.05, 3.63) is 38.6 Å². The van der Waals surface area contributed by atoms with E-state index in [1.165, 1.54) is 0 Å². The summed E-state index contributed by atoms with van der Waals surface area (Å²) in [6.07, 6.45) is 0. The van der Waals surface area contributed by atoms with Gasteiger partial charge < -0.3 is 10.5 Å². The second-order valence-corrected chi connectivity index (χ2v) is 5.15. The summed E-state index contributed by atoms with van der Waals surface area (Å²) in [5.74, 6) is 1.01. The van der Waals surface area contributed by atoms with Crippen LogP contribution >= 0.6 is 34.2 Å². The largest absolute Gasteiger partial charge is 0.383 e. The third kappa shape index (κ3) is 2.90. The lowest BCUT2D eigenvalue weighted by molar-refractivity contribution is 0.181. The number of aromatic nitrogens is 2. The Hall–Kier alpha value is -0.920. The number of rotatable bonds is 3. The second-order valence-electron chi connectivity index (χ2n) is 3.64. The summed E-state index contributed by atoms with van der Waals surface area (Å²) >= 11 is 8.07. The van der Waals surface area contributed by atoms with Crippen molar-refractivity contribution in [1.82, 2.24) is 9.97 Å². The molecular formula is C12H11ClIN3O. The maximum absolute atomic E-state index is 5.95. The fourth-order valence-electron chi connectivity index (χ4n) is 1.50. The molecule has 0 saturated heterocycles. The van der Waals surface area contributed by atoms with Gasteiger partial charge in [0.15, 0.2) is 5.82 Å². The van der Waals surface area contributed by atoms with Crippen LogP contribution in [0.2, 0.25) is 5.02 Å². The topological polar surface area (TPSA) is 61.0 Å². The Balaban J connectivity index is 2.51. The fraction of sp³-hybridized carbons (Fsp3) is 0.167. The third-order valence-electron chi connectivity index (χ3n) is 2.31. The molecule has 0 spiro atoms. The molecule has 4 nitrogen and oxygen atoms in total. The summed E-state index contributed by atoms with van der Waals surface area (Å²) < 4.78 is 5.92. The van der Waals surface area contributed by atoms with Crippen LogP contribution in [0.5, 0.6) is 0 Å². The van der Waals surface area contributed by atoms with Crippen molar-refractivity contribution in [3.63, 3.8) is 0 Å². The molecule has 0 atom stereocenters. The number of anilines is 1. The first-order valence-corrected chi connectivity index (χ1v) is 6.64. The van der Waals surface area contributed by atoms with E-state index in [1.54, 1.807) is 19.2 Å². The van der Waals surface area contributed by atoms with E-state index in [0.717, 1.165) is 14.8 Å². The predicted octanol–water partition coefficient (Wildman–Crippen LogP) is 3.13. The fourth-order valence-corrected chi connectivity index (χ4v) is 2.09. The van der Waals surface area contributed by atoms with Gasteiger partial charge in [0.25, 0.3) is 0 Å². The molecule has 0 aliphatic heterocycles. The molecule has 0 fully saturated rings. The number of halogens is 2. The number of nitrogen functional groups attached to an aromatic ring is 1. The average Bonchev–Trinajstić information content (AvgIpc) is 2.35. The minimum absolute atomic E-state index is 0.401. The van der Waals surface area contributed by atoms with Gasteiger partial charge >= 0.3 is 0 Å². The second kappa shape index (κ2) is 5.81. The Morgan fingerprint density at radius 2 is 2.17 bits per heavy atom. The predicted molar refractivity (Wildman–Crippen MR) is 80.3 cm³/mol. The molecule has 0 unspecified atom stereocenters. The highest BCUT2D eigenvalue weighted by Gasteiger charge is 2.11. The van der Waals surface area contributed by atoms with E-state index in [2.05, 4.69) is 32.6 Å². The normalized spacial score (nSPS) is 10.6. The van der Waals surface area contributed by atoms with E-state index in [-0.39, 0.29) is 0 Å². The number of nitrogens with two attached hydrogens (primary N) is 1. The molecule has 1 aromatic carbocycles. The summed E-state index contributed by atoms with van der Waals surface area (Å²) in [4.78, 5) is 8.72. The highest BCUT2D eigenvalue weighted by atomic mass is 127. The Morgan fingerprint density at radius 3 is 2.83 bits per heavy atom. The summed E-state index contributed by atoms with van der Waals surface area (Å²) in [5, 5.41) is 0.640. The van der Waals surface area contributed by atoms with Crippen molar-refractivity contribution >= 4 is 40.0 Å². The lowest BCUT2D eigenvalue weighted by Crippen LogP contribution is -2.05. The zero-order chi connectivity index (χ0) is 13.1. The van der Waals surface area contributed by atoms with Crippen LogP contribution in [-0.2, 0) is 11.3 Å². The number of hydrogen-bond donors (Lipinski definition) is 1. The van der Waals surface area contributed by atoms with E-state index in [1.807, 2.05) is 12.1 Å². The lowest BCUT2D eigenvalue weighted by Gasteiger charge is -2.08. The molecule has 2 N–H and O–H groups in total. The number of ether oxygens (including phenoxy) is 1. The average molecular weight is 376 g/mol. The van der Waals surface area contributed by atoms with E-state index in [0.29, 0.717) is 23.3 Å². The molecule has 0 saturated carbocycles. The molecule has 0 radical (unpaired) electrons. The number of benzene rings is 1. The third-order valence-corrected chi connectivity index (χ3v) is 3.72. The van der Waals surface area contributed by atoms with Crippen molar-refractivity contribution in [1.29, 1.82) is 0 Å². The lowest BCUT2D eigenvalue weighted by atomic mass is 10.2. The Bertz CT molecular complexity index is 577. The Kier molecular flexibility index (Phi) is 4.36. The van der Waals surface area contributed by atoms with Crippen LogP contribution in [0.1, 0.15) is 5.69 Å². The van der Waals surface area contributed by atoms with Gasteiger partial charge in [-0.25, -0.2) is 9.97 Å². The van der Waals surface area contributed by atoms with Gasteiger partial charge in [-0.1, -0.05) is 23.7 Å². The van der Waals surface area contributed by atoms with Gasteiger partial charge in [0.05, 0.1) is 15.9 Å². The number of hydrogen-bond acceptors (Lipinski definition) is 4. The molecule has 6 heteroatoms. The van der Waals surface area contributed by atoms with Crippen LogP contribution in [0.25, 0.3) is 11.4 Å². The minimum atomic E-state index is 0.401. The molecule has 94 valence electrons. The number of nitrogens with zero attached hydrogens (tertiary/aromatic N) is 2. The van der Waals surface area contributed by atoms with Crippen molar-refractivity contribution in [2.75, 3.05) is 12.8 Å².